The summed E-state index contributed by atoms with van der Waals surface area (Å²) < 4.78 is 14.9. The van der Waals surface area contributed by atoms with Crippen LogP contribution >= 0.6 is 11.6 Å². The molecule has 1 aliphatic rings. The largest absolute Gasteiger partial charge is 0.464 e. The Morgan fingerprint density at radius 2 is 1.89 bits per heavy atom. The highest BCUT2D eigenvalue weighted by Gasteiger charge is 2.38. The third-order valence-corrected chi connectivity index (χ3v) is 2.70. The summed E-state index contributed by atoms with van der Waals surface area (Å²) in [6, 6.07) is -1.06. The van der Waals surface area contributed by atoms with Crippen LogP contribution in [0.5, 0.6) is 0 Å². The number of halogens is 1. The molecule has 0 bridgehead atoms. The normalized spacial score (nSPS) is 20.8. The van der Waals surface area contributed by atoms with Gasteiger partial charge in [-0.1, -0.05) is 11.6 Å². The molecule has 1 heterocycles. The van der Waals surface area contributed by atoms with Crippen LogP contribution in [-0.4, -0.2) is 61.4 Å². The number of nitrogens with zero attached hydrogens (tertiary/aromatic N) is 1. The summed E-state index contributed by atoms with van der Waals surface area (Å²) in [6.07, 6.45) is 0. The minimum atomic E-state index is -1.06. The van der Waals surface area contributed by atoms with Gasteiger partial charge >= 0.3 is 11.9 Å². The van der Waals surface area contributed by atoms with Gasteiger partial charge in [-0.2, -0.15) is 0 Å². The molecule has 104 valence electrons. The van der Waals surface area contributed by atoms with Crippen LogP contribution < -0.4 is 0 Å². The maximum absolute atomic E-state index is 11.8. The second-order valence-electron chi connectivity index (χ2n) is 3.68. The molecule has 0 N–H and O–H groups in total. The molecule has 0 aliphatic carbocycles. The minimum absolute atomic E-state index is 0.212. The van der Waals surface area contributed by atoms with Gasteiger partial charge in [0.1, 0.15) is 5.56 Å². The van der Waals surface area contributed by atoms with Crippen LogP contribution in [0.4, 0.5) is 0 Å². The zero-order chi connectivity index (χ0) is 13.5. The van der Waals surface area contributed by atoms with Crippen molar-refractivity contribution < 1.29 is 23.8 Å². The predicted molar refractivity (Wildman–Crippen MR) is 64.2 cm³/mol. The van der Waals surface area contributed by atoms with Gasteiger partial charge in [-0.05, 0) is 13.8 Å². The Balaban J connectivity index is 2.75. The molecule has 7 heteroatoms. The fourth-order valence-electron chi connectivity index (χ4n) is 1.70. The standard InChI is InChI=1S/C11H18ClNO5/c1-3-16-10(14)9(11(15)17-4-2)13-5-6-18-8(12)7-13/h8-9H,3-7H2,1-2H3. The zero-order valence-corrected chi connectivity index (χ0v) is 11.3. The highest BCUT2D eigenvalue weighted by molar-refractivity contribution is 6.20. The topological polar surface area (TPSA) is 65.1 Å². The lowest BCUT2D eigenvalue weighted by molar-refractivity contribution is -0.166. The third kappa shape index (κ3) is 4.12. The lowest BCUT2D eigenvalue weighted by Gasteiger charge is -2.33. The Morgan fingerprint density at radius 1 is 1.33 bits per heavy atom. The van der Waals surface area contributed by atoms with Crippen molar-refractivity contribution in [1.82, 2.24) is 4.90 Å². The first kappa shape index (κ1) is 15.2. The van der Waals surface area contributed by atoms with E-state index in [9.17, 15) is 9.59 Å². The number of alkyl halides is 1. The van der Waals surface area contributed by atoms with Crippen LogP contribution in [0, 0.1) is 0 Å². The van der Waals surface area contributed by atoms with Crippen molar-refractivity contribution >= 4 is 23.5 Å². The number of rotatable bonds is 5. The molecule has 1 rings (SSSR count). The first-order chi connectivity index (χ1) is 8.60. The number of hydrogen-bond acceptors (Lipinski definition) is 6. The van der Waals surface area contributed by atoms with E-state index in [1.165, 1.54) is 0 Å². The molecule has 0 aromatic heterocycles. The van der Waals surface area contributed by atoms with E-state index in [4.69, 9.17) is 25.8 Å². The Hall–Kier alpha value is -0.850. The summed E-state index contributed by atoms with van der Waals surface area (Å²) in [5.41, 5.74) is -0.537. The first-order valence-electron chi connectivity index (χ1n) is 5.93. The second-order valence-corrected chi connectivity index (χ2v) is 4.17. The van der Waals surface area contributed by atoms with Gasteiger partial charge in [0.15, 0.2) is 0 Å². The Bertz CT molecular complexity index is 281. The van der Waals surface area contributed by atoms with Crippen molar-refractivity contribution in [1.29, 1.82) is 0 Å². The van der Waals surface area contributed by atoms with Crippen molar-refractivity contribution in [2.45, 2.75) is 25.5 Å². The molecule has 1 fully saturated rings. The molecule has 1 aliphatic heterocycles. The molecular formula is C11H18ClNO5. The quantitative estimate of drug-likeness (QED) is 0.412. The van der Waals surface area contributed by atoms with Gasteiger partial charge in [0.2, 0.25) is 6.04 Å². The Kier molecular flexibility index (Phi) is 6.38. The molecule has 0 aromatic rings. The average Bonchev–Trinajstić information content (AvgIpc) is 2.30. The highest BCUT2D eigenvalue weighted by atomic mass is 35.5. The van der Waals surface area contributed by atoms with E-state index in [0.717, 1.165) is 0 Å². The van der Waals surface area contributed by atoms with Crippen molar-refractivity contribution in [2.75, 3.05) is 32.9 Å². The highest BCUT2D eigenvalue weighted by Crippen LogP contribution is 2.14. The summed E-state index contributed by atoms with van der Waals surface area (Å²) in [6.45, 7) is 4.87. The molecule has 0 saturated carbocycles. The summed E-state index contributed by atoms with van der Waals surface area (Å²) in [5, 5.41) is 0. The van der Waals surface area contributed by atoms with Crippen molar-refractivity contribution in [3.63, 3.8) is 0 Å². The lowest BCUT2D eigenvalue weighted by atomic mass is 10.2. The second kappa shape index (κ2) is 7.56. The Labute approximate surface area is 111 Å². The third-order valence-electron chi connectivity index (χ3n) is 2.44. The molecule has 18 heavy (non-hydrogen) atoms. The van der Waals surface area contributed by atoms with Crippen LogP contribution in [0.2, 0.25) is 0 Å². The van der Waals surface area contributed by atoms with Gasteiger partial charge in [0.05, 0.1) is 19.8 Å². The molecule has 6 nitrogen and oxygen atoms in total. The molecule has 1 saturated heterocycles. The maximum Gasteiger partial charge on any atom is 0.335 e. The average molecular weight is 280 g/mol. The summed E-state index contributed by atoms with van der Waals surface area (Å²) in [7, 11) is 0. The Morgan fingerprint density at radius 3 is 2.33 bits per heavy atom. The molecular weight excluding hydrogens is 262 g/mol. The van der Waals surface area contributed by atoms with Crippen LogP contribution in [-0.2, 0) is 23.8 Å². The summed E-state index contributed by atoms with van der Waals surface area (Å²) >= 11 is 5.85. The molecule has 0 amide bonds. The van der Waals surface area contributed by atoms with Crippen LogP contribution in [0.15, 0.2) is 0 Å². The fraction of sp³-hybridized carbons (Fsp3) is 0.818. The number of esters is 2. The maximum atomic E-state index is 11.8. The van der Waals surface area contributed by atoms with Gasteiger partial charge in [0, 0.05) is 13.1 Å². The van der Waals surface area contributed by atoms with E-state index in [0.29, 0.717) is 13.2 Å². The van der Waals surface area contributed by atoms with E-state index < -0.39 is 23.5 Å². The summed E-state index contributed by atoms with van der Waals surface area (Å²) in [4.78, 5) is 25.3. The lowest BCUT2D eigenvalue weighted by Crippen LogP contribution is -2.54. The van der Waals surface area contributed by atoms with E-state index in [1.807, 2.05) is 0 Å². The van der Waals surface area contributed by atoms with Crippen molar-refractivity contribution in [3.8, 4) is 0 Å². The van der Waals surface area contributed by atoms with Gasteiger partial charge < -0.3 is 14.2 Å². The van der Waals surface area contributed by atoms with Gasteiger partial charge in [0.25, 0.3) is 0 Å². The van der Waals surface area contributed by atoms with Crippen LogP contribution in [0.1, 0.15) is 13.8 Å². The van der Waals surface area contributed by atoms with E-state index >= 15 is 0 Å². The summed E-state index contributed by atoms with van der Waals surface area (Å²) in [5.74, 6) is -1.22. The number of morpholine rings is 1. The monoisotopic (exact) mass is 279 g/mol. The fourth-order valence-corrected chi connectivity index (χ4v) is 1.96. The van der Waals surface area contributed by atoms with Gasteiger partial charge in [-0.25, -0.2) is 9.59 Å². The molecule has 1 unspecified atom stereocenters. The van der Waals surface area contributed by atoms with Gasteiger partial charge in [-0.15, -0.1) is 0 Å². The first-order valence-corrected chi connectivity index (χ1v) is 6.36. The number of ether oxygens (including phenoxy) is 3. The predicted octanol–water partition coefficient (Wildman–Crippen LogP) is 0.378. The zero-order valence-electron chi connectivity index (χ0n) is 10.6. The number of carbonyl (C=O) groups is 2. The van der Waals surface area contributed by atoms with E-state index in [1.54, 1.807) is 18.7 Å². The van der Waals surface area contributed by atoms with Crippen LogP contribution in [0.25, 0.3) is 0 Å². The molecule has 1 atom stereocenters. The molecule has 0 spiro atoms. The number of carbonyl (C=O) groups excluding carboxylic acids is 2. The van der Waals surface area contributed by atoms with Gasteiger partial charge in [-0.3, -0.25) is 4.90 Å². The smallest absolute Gasteiger partial charge is 0.335 e. The SMILES string of the molecule is CCOC(=O)C(C(=O)OCC)N1CCOC(Cl)C1. The molecule has 0 aromatic carbocycles. The van der Waals surface area contributed by atoms with E-state index in [-0.39, 0.29) is 19.8 Å². The van der Waals surface area contributed by atoms with E-state index in [2.05, 4.69) is 0 Å². The number of hydrogen-bond donors (Lipinski definition) is 0. The van der Waals surface area contributed by atoms with Crippen LogP contribution in [0.3, 0.4) is 0 Å². The molecule has 0 radical (unpaired) electrons. The van der Waals surface area contributed by atoms with Crippen molar-refractivity contribution in [2.24, 2.45) is 0 Å². The minimum Gasteiger partial charge on any atom is -0.464 e. The van der Waals surface area contributed by atoms with Crippen molar-refractivity contribution in [3.05, 3.63) is 0 Å².